The number of alkyl halides is 1. The fourth-order valence-electron chi connectivity index (χ4n) is 3.68. The van der Waals surface area contributed by atoms with E-state index in [-0.39, 0.29) is 12.5 Å². The van der Waals surface area contributed by atoms with E-state index in [9.17, 15) is 14.0 Å². The van der Waals surface area contributed by atoms with E-state index in [4.69, 9.17) is 9.47 Å². The van der Waals surface area contributed by atoms with Crippen LogP contribution in [0, 0.1) is 0 Å². The third-order valence-electron chi connectivity index (χ3n) is 5.63. The number of esters is 1. The molecule has 1 fully saturated rings. The molecule has 0 aliphatic heterocycles. The molecule has 1 N–H and O–H groups in total. The van der Waals surface area contributed by atoms with E-state index in [1.165, 1.54) is 7.11 Å². The second kappa shape index (κ2) is 9.74. The summed E-state index contributed by atoms with van der Waals surface area (Å²) in [6, 6.07) is 15.1. The fraction of sp³-hybridized carbons (Fsp3) is 0.417. The van der Waals surface area contributed by atoms with Crippen molar-refractivity contribution >= 4 is 11.9 Å². The number of carbonyl (C=O) groups excluding carboxylic acids is 2. The van der Waals surface area contributed by atoms with Gasteiger partial charge < -0.3 is 14.8 Å². The first-order valence-corrected chi connectivity index (χ1v) is 10.3. The Bertz CT molecular complexity index is 847. The molecule has 0 saturated heterocycles. The molecule has 1 aliphatic carbocycles. The van der Waals surface area contributed by atoms with Crippen molar-refractivity contribution in [2.24, 2.45) is 0 Å². The van der Waals surface area contributed by atoms with Gasteiger partial charge in [0.2, 0.25) is 5.91 Å². The van der Waals surface area contributed by atoms with E-state index in [2.05, 4.69) is 5.32 Å². The molecule has 30 heavy (non-hydrogen) atoms. The van der Waals surface area contributed by atoms with Crippen LogP contribution in [0.25, 0.3) is 0 Å². The maximum Gasteiger partial charge on any atom is 0.333 e. The topological polar surface area (TPSA) is 64.6 Å². The minimum absolute atomic E-state index is 0.0259. The van der Waals surface area contributed by atoms with Gasteiger partial charge in [-0.2, -0.15) is 0 Å². The van der Waals surface area contributed by atoms with Crippen molar-refractivity contribution in [1.82, 2.24) is 5.32 Å². The first-order chi connectivity index (χ1) is 14.4. The summed E-state index contributed by atoms with van der Waals surface area (Å²) >= 11 is 0. The number of amides is 1. The van der Waals surface area contributed by atoms with Crippen molar-refractivity contribution in [3.05, 3.63) is 65.7 Å². The van der Waals surface area contributed by atoms with E-state index >= 15 is 0 Å². The third-order valence-corrected chi connectivity index (χ3v) is 5.63. The Balaban J connectivity index is 1.67. The highest BCUT2D eigenvalue weighted by Crippen LogP contribution is 2.34. The molecule has 0 heterocycles. The van der Waals surface area contributed by atoms with E-state index < -0.39 is 23.6 Å². The molecule has 2 aromatic rings. The van der Waals surface area contributed by atoms with Crippen LogP contribution in [-0.4, -0.2) is 31.3 Å². The van der Waals surface area contributed by atoms with Gasteiger partial charge in [-0.25, -0.2) is 9.18 Å². The summed E-state index contributed by atoms with van der Waals surface area (Å²) in [6.45, 7) is 1.81. The van der Waals surface area contributed by atoms with Crippen LogP contribution in [0.1, 0.15) is 55.7 Å². The lowest BCUT2D eigenvalue weighted by molar-refractivity contribution is -0.145. The summed E-state index contributed by atoms with van der Waals surface area (Å²) in [6.07, 6.45) is 2.84. The van der Waals surface area contributed by atoms with Gasteiger partial charge >= 0.3 is 5.97 Å². The Kier molecular flexibility index (Phi) is 7.08. The third kappa shape index (κ3) is 5.38. The molecule has 0 radical (unpaired) electrons. The van der Waals surface area contributed by atoms with Crippen molar-refractivity contribution < 1.29 is 23.5 Å². The highest BCUT2D eigenvalue weighted by molar-refractivity contribution is 5.89. The molecule has 1 amide bonds. The lowest BCUT2D eigenvalue weighted by Crippen LogP contribution is -2.36. The molecular formula is C24H28FNO4. The second-order valence-electron chi connectivity index (χ2n) is 7.81. The number of halogens is 1. The molecule has 0 aromatic heterocycles. The van der Waals surface area contributed by atoms with Crippen molar-refractivity contribution in [2.45, 2.75) is 50.2 Å². The number of methoxy groups -OCH3 is 1. The van der Waals surface area contributed by atoms with Gasteiger partial charge in [0.05, 0.1) is 13.0 Å². The Hall–Kier alpha value is -2.89. The average Bonchev–Trinajstić information content (AvgIpc) is 3.22. The Morgan fingerprint density at radius 1 is 1.03 bits per heavy atom. The summed E-state index contributed by atoms with van der Waals surface area (Å²) in [5, 5.41) is 2.77. The SMILES string of the molecule is COC(=O)C(NC(=O)[C@@H](C)c1ccccc1)c1ccc(OCC2(F)CCCC2)cc1. The van der Waals surface area contributed by atoms with E-state index in [0.717, 1.165) is 18.4 Å². The first-order valence-electron chi connectivity index (χ1n) is 10.3. The van der Waals surface area contributed by atoms with Crippen LogP contribution in [0.2, 0.25) is 0 Å². The van der Waals surface area contributed by atoms with Gasteiger partial charge in [-0.3, -0.25) is 4.79 Å². The van der Waals surface area contributed by atoms with Crippen LogP contribution >= 0.6 is 0 Å². The van der Waals surface area contributed by atoms with Crippen molar-refractivity contribution in [3.8, 4) is 5.75 Å². The maximum absolute atomic E-state index is 14.5. The van der Waals surface area contributed by atoms with Gasteiger partial charge in [-0.15, -0.1) is 0 Å². The standard InChI is InChI=1S/C24H28FNO4/c1-17(18-8-4-3-5-9-18)22(27)26-21(23(28)29-2)19-10-12-20(13-11-19)30-16-24(25)14-6-7-15-24/h3-5,8-13,17,21H,6-7,14-16H2,1-2H3,(H,26,27)/t17-,21?/m0/s1. The fourth-order valence-corrected chi connectivity index (χ4v) is 3.68. The smallest absolute Gasteiger partial charge is 0.333 e. The number of rotatable bonds is 8. The normalized spacial score (nSPS) is 17.0. The number of hydrogen-bond acceptors (Lipinski definition) is 4. The zero-order chi connectivity index (χ0) is 21.6. The summed E-state index contributed by atoms with van der Waals surface area (Å²) in [4.78, 5) is 25.0. The van der Waals surface area contributed by atoms with Crippen molar-refractivity contribution in [2.75, 3.05) is 13.7 Å². The van der Waals surface area contributed by atoms with E-state index in [1.54, 1.807) is 31.2 Å². The Morgan fingerprint density at radius 3 is 2.27 bits per heavy atom. The van der Waals surface area contributed by atoms with Gasteiger partial charge in [-0.05, 0) is 43.0 Å². The molecule has 0 bridgehead atoms. The monoisotopic (exact) mass is 413 g/mol. The zero-order valence-corrected chi connectivity index (χ0v) is 17.4. The van der Waals surface area contributed by atoms with Crippen LogP contribution in [0.3, 0.4) is 0 Å². The lowest BCUT2D eigenvalue weighted by Gasteiger charge is -2.21. The highest BCUT2D eigenvalue weighted by Gasteiger charge is 2.34. The quantitative estimate of drug-likeness (QED) is 0.648. The van der Waals surface area contributed by atoms with Gasteiger partial charge in [0, 0.05) is 0 Å². The van der Waals surface area contributed by atoms with Crippen LogP contribution in [-0.2, 0) is 14.3 Å². The molecule has 2 atom stereocenters. The number of hydrogen-bond donors (Lipinski definition) is 1. The molecule has 1 unspecified atom stereocenters. The molecule has 160 valence electrons. The first kappa shape index (κ1) is 21.8. The predicted octanol–water partition coefficient (Wildman–Crippen LogP) is 4.48. The molecule has 1 saturated carbocycles. The minimum atomic E-state index is -1.26. The molecule has 6 heteroatoms. The van der Waals surface area contributed by atoms with Crippen LogP contribution < -0.4 is 10.1 Å². The summed E-state index contributed by atoms with van der Waals surface area (Å²) in [7, 11) is 1.28. The number of nitrogens with one attached hydrogen (secondary N) is 1. The van der Waals surface area contributed by atoms with Crippen LogP contribution in [0.4, 0.5) is 4.39 Å². The number of carbonyl (C=O) groups is 2. The minimum Gasteiger partial charge on any atom is -0.490 e. The molecule has 5 nitrogen and oxygen atoms in total. The van der Waals surface area contributed by atoms with Gasteiger partial charge in [0.15, 0.2) is 6.04 Å². The molecule has 2 aromatic carbocycles. The van der Waals surface area contributed by atoms with E-state index in [0.29, 0.717) is 24.2 Å². The second-order valence-corrected chi connectivity index (χ2v) is 7.81. The molecular weight excluding hydrogens is 385 g/mol. The van der Waals surface area contributed by atoms with Gasteiger partial charge in [0.25, 0.3) is 0 Å². The number of ether oxygens (including phenoxy) is 2. The summed E-state index contributed by atoms with van der Waals surface area (Å²) in [5.41, 5.74) is 0.169. The van der Waals surface area contributed by atoms with Crippen LogP contribution in [0.5, 0.6) is 5.75 Å². The largest absolute Gasteiger partial charge is 0.490 e. The Morgan fingerprint density at radius 2 is 1.67 bits per heavy atom. The summed E-state index contributed by atoms with van der Waals surface area (Å²) < 4.78 is 25.0. The zero-order valence-electron chi connectivity index (χ0n) is 17.4. The molecule has 1 aliphatic rings. The van der Waals surface area contributed by atoms with E-state index in [1.807, 2.05) is 30.3 Å². The van der Waals surface area contributed by atoms with Gasteiger partial charge in [-0.1, -0.05) is 55.3 Å². The molecule has 3 rings (SSSR count). The lowest BCUT2D eigenvalue weighted by atomic mass is 9.99. The van der Waals surface area contributed by atoms with Crippen molar-refractivity contribution in [1.29, 1.82) is 0 Å². The summed E-state index contributed by atoms with van der Waals surface area (Å²) in [5.74, 6) is -0.744. The highest BCUT2D eigenvalue weighted by atomic mass is 19.1. The number of benzene rings is 2. The maximum atomic E-state index is 14.5. The predicted molar refractivity (Wildman–Crippen MR) is 112 cm³/mol. The van der Waals surface area contributed by atoms with Crippen LogP contribution in [0.15, 0.2) is 54.6 Å². The molecule has 0 spiro atoms. The Labute approximate surface area is 176 Å². The van der Waals surface area contributed by atoms with Crippen molar-refractivity contribution in [3.63, 3.8) is 0 Å². The van der Waals surface area contributed by atoms with Gasteiger partial charge in [0.1, 0.15) is 18.0 Å². The average molecular weight is 413 g/mol.